The third kappa shape index (κ3) is 2.23. The number of thioether (sulfide) groups is 1. The van der Waals surface area contributed by atoms with Crippen LogP contribution in [0, 0.1) is 23.4 Å². The number of carbonyl (C=O) groups excluding carboxylic acids is 1. The Bertz CT molecular complexity index is 524. The van der Waals surface area contributed by atoms with Crippen molar-refractivity contribution in [1.82, 2.24) is 0 Å². The lowest BCUT2D eigenvalue weighted by Crippen LogP contribution is -2.33. The molecule has 0 saturated carbocycles. The first kappa shape index (κ1) is 13.0. The highest BCUT2D eigenvalue weighted by molar-refractivity contribution is 8.09. The Morgan fingerprint density at radius 3 is 2.22 bits per heavy atom. The van der Waals surface area contributed by atoms with E-state index in [0.717, 1.165) is 11.8 Å². The highest BCUT2D eigenvalue weighted by Crippen LogP contribution is 2.42. The maximum atomic E-state index is 13.5. The van der Waals surface area contributed by atoms with Crippen LogP contribution in [-0.4, -0.2) is 11.3 Å². The molecule has 96 valence electrons. The number of halogens is 3. The van der Waals surface area contributed by atoms with Crippen molar-refractivity contribution in [3.05, 3.63) is 41.2 Å². The highest BCUT2D eigenvalue weighted by atomic mass is 32.2. The van der Waals surface area contributed by atoms with Gasteiger partial charge in [0.15, 0.2) is 0 Å². The van der Waals surface area contributed by atoms with Crippen molar-refractivity contribution in [2.24, 2.45) is 17.4 Å². The fourth-order valence-corrected chi connectivity index (χ4v) is 2.87. The number of hydrogen-bond donors (Lipinski definition) is 2. The molecule has 1 aliphatic rings. The van der Waals surface area contributed by atoms with Gasteiger partial charge in [-0.3, -0.25) is 4.79 Å². The first-order valence-corrected chi connectivity index (χ1v) is 5.86. The molecule has 0 radical (unpaired) electrons. The molecule has 0 aliphatic carbocycles. The zero-order chi connectivity index (χ0) is 13.4. The van der Waals surface area contributed by atoms with E-state index in [1.54, 1.807) is 0 Å². The van der Waals surface area contributed by atoms with Crippen molar-refractivity contribution >= 4 is 22.6 Å². The van der Waals surface area contributed by atoms with Crippen LogP contribution in [0.15, 0.2) is 18.2 Å². The van der Waals surface area contributed by atoms with Crippen molar-refractivity contribution in [3.8, 4) is 0 Å². The van der Waals surface area contributed by atoms with E-state index in [9.17, 15) is 18.0 Å². The molecule has 0 aromatic heterocycles. The minimum atomic E-state index is -1.04. The van der Waals surface area contributed by atoms with Gasteiger partial charge in [0, 0.05) is 17.0 Å². The first-order chi connectivity index (χ1) is 8.40. The van der Waals surface area contributed by atoms with Crippen LogP contribution in [0.1, 0.15) is 5.56 Å². The molecule has 2 unspecified atom stereocenters. The van der Waals surface area contributed by atoms with Crippen LogP contribution >= 0.6 is 11.8 Å². The maximum Gasteiger partial charge on any atom is 0.226 e. The van der Waals surface area contributed by atoms with Crippen LogP contribution < -0.4 is 11.5 Å². The second-order valence-corrected chi connectivity index (χ2v) is 5.01. The molecule has 0 bridgehead atoms. The molecule has 1 aliphatic heterocycles. The molecule has 2 rings (SSSR count). The van der Waals surface area contributed by atoms with Crippen LogP contribution in [0.2, 0.25) is 0 Å². The molecule has 1 aromatic rings. The van der Waals surface area contributed by atoms with Gasteiger partial charge < -0.3 is 11.5 Å². The quantitative estimate of drug-likeness (QED) is 0.860. The third-order valence-electron chi connectivity index (χ3n) is 2.53. The second-order valence-electron chi connectivity index (χ2n) is 3.79. The normalized spacial score (nSPS) is 23.0. The van der Waals surface area contributed by atoms with Gasteiger partial charge in [0.05, 0.1) is 16.9 Å². The zero-order valence-corrected chi connectivity index (χ0v) is 9.81. The molecule has 2 atom stereocenters. The van der Waals surface area contributed by atoms with E-state index in [-0.39, 0.29) is 10.5 Å². The lowest BCUT2D eigenvalue weighted by Gasteiger charge is -2.09. The average Bonchev–Trinajstić information content (AvgIpc) is 2.58. The van der Waals surface area contributed by atoms with Gasteiger partial charge in [-0.1, -0.05) is 6.08 Å². The van der Waals surface area contributed by atoms with Gasteiger partial charge in [-0.05, 0) is 0 Å². The number of amides is 1. The Morgan fingerprint density at radius 1 is 1.22 bits per heavy atom. The molecule has 1 aromatic carbocycles. The van der Waals surface area contributed by atoms with Gasteiger partial charge >= 0.3 is 0 Å². The van der Waals surface area contributed by atoms with Gasteiger partial charge in [0.1, 0.15) is 17.5 Å². The smallest absolute Gasteiger partial charge is 0.226 e. The fourth-order valence-electron chi connectivity index (χ4n) is 1.68. The average molecular weight is 274 g/mol. The summed E-state index contributed by atoms with van der Waals surface area (Å²) in [6.45, 7) is 0. The van der Waals surface area contributed by atoms with Gasteiger partial charge in [0.25, 0.3) is 0 Å². The largest absolute Gasteiger partial charge is 0.369 e. The summed E-state index contributed by atoms with van der Waals surface area (Å²) >= 11 is 0.925. The predicted octanol–water partition coefficient (Wildman–Crippen LogP) is 1.58. The summed E-state index contributed by atoms with van der Waals surface area (Å²) in [5.74, 6) is -4.55. The number of carbonyl (C=O) groups is 1. The molecule has 3 nitrogen and oxygen atoms in total. The van der Waals surface area contributed by atoms with Crippen LogP contribution in [0.3, 0.4) is 0 Å². The van der Waals surface area contributed by atoms with Gasteiger partial charge in [-0.2, -0.15) is 0 Å². The van der Waals surface area contributed by atoms with Crippen LogP contribution in [0.25, 0.3) is 4.91 Å². The lowest BCUT2D eigenvalue weighted by atomic mass is 10.1. The van der Waals surface area contributed by atoms with Crippen molar-refractivity contribution in [2.45, 2.75) is 5.37 Å². The summed E-state index contributed by atoms with van der Waals surface area (Å²) in [6, 6.07) is 1.14. The monoisotopic (exact) mass is 274 g/mol. The number of nitrogens with two attached hydrogens (primary N) is 2. The SMILES string of the molecule is NC(=O)C1C=C(c2c(F)cc(F)cc2F)SC1N. The van der Waals surface area contributed by atoms with E-state index in [2.05, 4.69) is 0 Å². The van der Waals surface area contributed by atoms with Crippen LogP contribution in [0.5, 0.6) is 0 Å². The summed E-state index contributed by atoms with van der Waals surface area (Å²) in [4.78, 5) is 11.2. The van der Waals surface area contributed by atoms with Crippen molar-refractivity contribution < 1.29 is 18.0 Å². The first-order valence-electron chi connectivity index (χ1n) is 4.98. The molecule has 0 fully saturated rings. The van der Waals surface area contributed by atoms with E-state index >= 15 is 0 Å². The molecule has 0 spiro atoms. The molecule has 18 heavy (non-hydrogen) atoms. The summed E-state index contributed by atoms with van der Waals surface area (Å²) < 4.78 is 39.8. The molecular formula is C11H9F3N2OS. The van der Waals surface area contributed by atoms with Crippen molar-refractivity contribution in [3.63, 3.8) is 0 Å². The Labute approximate surface area is 105 Å². The minimum absolute atomic E-state index is 0.154. The summed E-state index contributed by atoms with van der Waals surface area (Å²) in [7, 11) is 0. The molecule has 1 heterocycles. The molecule has 0 saturated heterocycles. The fraction of sp³-hybridized carbons (Fsp3) is 0.182. The molecule has 4 N–H and O–H groups in total. The lowest BCUT2D eigenvalue weighted by molar-refractivity contribution is -0.120. The Hall–Kier alpha value is -1.47. The van der Waals surface area contributed by atoms with Crippen LogP contribution in [0.4, 0.5) is 13.2 Å². The van der Waals surface area contributed by atoms with Gasteiger partial charge in [-0.25, -0.2) is 13.2 Å². The maximum absolute atomic E-state index is 13.5. The zero-order valence-electron chi connectivity index (χ0n) is 8.99. The molecule has 7 heteroatoms. The van der Waals surface area contributed by atoms with E-state index in [0.29, 0.717) is 12.1 Å². The Kier molecular flexibility index (Phi) is 3.36. The van der Waals surface area contributed by atoms with E-state index in [1.165, 1.54) is 6.08 Å². The Morgan fingerprint density at radius 2 is 1.78 bits per heavy atom. The Balaban J connectivity index is 2.45. The number of hydrogen-bond acceptors (Lipinski definition) is 3. The number of rotatable bonds is 2. The molecule has 1 amide bonds. The van der Waals surface area contributed by atoms with Crippen molar-refractivity contribution in [1.29, 1.82) is 0 Å². The topological polar surface area (TPSA) is 69.1 Å². The van der Waals surface area contributed by atoms with E-state index in [4.69, 9.17) is 11.5 Å². The summed E-state index contributed by atoms with van der Waals surface area (Å²) in [6.07, 6.45) is 1.30. The summed E-state index contributed by atoms with van der Waals surface area (Å²) in [5, 5.41) is -0.693. The van der Waals surface area contributed by atoms with Crippen LogP contribution in [-0.2, 0) is 4.79 Å². The van der Waals surface area contributed by atoms with Gasteiger partial charge in [-0.15, -0.1) is 11.8 Å². The third-order valence-corrected chi connectivity index (χ3v) is 3.69. The van der Waals surface area contributed by atoms with Crippen molar-refractivity contribution in [2.75, 3.05) is 0 Å². The predicted molar refractivity (Wildman–Crippen MR) is 62.5 cm³/mol. The molecular weight excluding hydrogens is 265 g/mol. The van der Waals surface area contributed by atoms with E-state index in [1.807, 2.05) is 0 Å². The van der Waals surface area contributed by atoms with E-state index < -0.39 is 34.7 Å². The number of benzene rings is 1. The standard InChI is InChI=1S/C11H9F3N2OS/c12-4-1-6(13)9(7(14)2-4)8-3-5(10(15)17)11(16)18-8/h1-3,5,11H,16H2,(H2,15,17). The minimum Gasteiger partial charge on any atom is -0.369 e. The summed E-state index contributed by atoms with van der Waals surface area (Å²) in [5.41, 5.74) is 10.3. The highest BCUT2D eigenvalue weighted by Gasteiger charge is 2.32. The second kappa shape index (κ2) is 4.66. The van der Waals surface area contributed by atoms with Gasteiger partial charge in [0.2, 0.25) is 5.91 Å². The number of primary amides is 1.